The SMILES string of the molecule is CS(=O)(=O)C1CCCC(=C2CC(N)C2)C1. The van der Waals surface area contributed by atoms with Crippen LogP contribution in [0.25, 0.3) is 0 Å². The van der Waals surface area contributed by atoms with E-state index in [4.69, 9.17) is 5.73 Å². The van der Waals surface area contributed by atoms with E-state index in [-0.39, 0.29) is 5.25 Å². The molecule has 0 bridgehead atoms. The van der Waals surface area contributed by atoms with Crippen LogP contribution >= 0.6 is 0 Å². The summed E-state index contributed by atoms with van der Waals surface area (Å²) in [7, 11) is -2.86. The van der Waals surface area contributed by atoms with Gasteiger partial charge in [-0.1, -0.05) is 11.1 Å². The van der Waals surface area contributed by atoms with Crippen molar-refractivity contribution in [1.82, 2.24) is 0 Å². The molecular weight excluding hydrogens is 210 g/mol. The first kappa shape index (κ1) is 11.1. The van der Waals surface area contributed by atoms with Gasteiger partial charge in [-0.25, -0.2) is 8.42 Å². The highest BCUT2D eigenvalue weighted by Gasteiger charge is 2.30. The minimum absolute atomic E-state index is 0.134. The maximum atomic E-state index is 11.5. The van der Waals surface area contributed by atoms with Crippen LogP contribution in [0.15, 0.2) is 11.1 Å². The molecule has 0 aliphatic heterocycles. The Kier molecular flexibility index (Phi) is 2.90. The third-order valence-corrected chi connectivity index (χ3v) is 5.21. The summed E-state index contributed by atoms with van der Waals surface area (Å²) in [5, 5.41) is -0.134. The summed E-state index contributed by atoms with van der Waals surface area (Å²) in [4.78, 5) is 0. The predicted molar refractivity (Wildman–Crippen MR) is 61.3 cm³/mol. The van der Waals surface area contributed by atoms with Crippen LogP contribution in [0.5, 0.6) is 0 Å². The van der Waals surface area contributed by atoms with Crippen LogP contribution in [0.3, 0.4) is 0 Å². The van der Waals surface area contributed by atoms with Crippen molar-refractivity contribution in [1.29, 1.82) is 0 Å². The highest BCUT2D eigenvalue weighted by atomic mass is 32.2. The summed E-state index contributed by atoms with van der Waals surface area (Å²) in [6.45, 7) is 0. The number of sulfone groups is 1. The van der Waals surface area contributed by atoms with Gasteiger partial charge in [-0.15, -0.1) is 0 Å². The second kappa shape index (κ2) is 3.91. The molecule has 4 heteroatoms. The number of hydrogen-bond acceptors (Lipinski definition) is 3. The fourth-order valence-corrected chi connectivity index (χ4v) is 3.67. The first-order valence-corrected chi connectivity index (χ1v) is 7.56. The van der Waals surface area contributed by atoms with Crippen LogP contribution < -0.4 is 5.73 Å². The van der Waals surface area contributed by atoms with Crippen LogP contribution in [-0.2, 0) is 9.84 Å². The summed E-state index contributed by atoms with van der Waals surface area (Å²) < 4.78 is 23.0. The van der Waals surface area contributed by atoms with Crippen molar-refractivity contribution in [2.24, 2.45) is 5.73 Å². The molecule has 0 aromatic heterocycles. The van der Waals surface area contributed by atoms with Crippen molar-refractivity contribution < 1.29 is 8.42 Å². The van der Waals surface area contributed by atoms with Crippen molar-refractivity contribution in [3.63, 3.8) is 0 Å². The average molecular weight is 229 g/mol. The molecule has 0 radical (unpaired) electrons. The lowest BCUT2D eigenvalue weighted by molar-refractivity contribution is 0.497. The number of allylic oxidation sites excluding steroid dienone is 1. The monoisotopic (exact) mass is 229 g/mol. The van der Waals surface area contributed by atoms with Crippen molar-refractivity contribution >= 4 is 9.84 Å². The van der Waals surface area contributed by atoms with Crippen molar-refractivity contribution in [3.8, 4) is 0 Å². The van der Waals surface area contributed by atoms with Crippen LogP contribution in [0.2, 0.25) is 0 Å². The Labute approximate surface area is 91.7 Å². The fraction of sp³-hybridized carbons (Fsp3) is 0.818. The Bertz CT molecular complexity index is 375. The first-order valence-electron chi connectivity index (χ1n) is 5.61. The van der Waals surface area contributed by atoms with Crippen molar-refractivity contribution in [2.75, 3.05) is 6.26 Å². The average Bonchev–Trinajstić information content (AvgIpc) is 2.12. The molecule has 0 aromatic carbocycles. The van der Waals surface area contributed by atoms with E-state index >= 15 is 0 Å². The maximum Gasteiger partial charge on any atom is 0.150 e. The Hall–Kier alpha value is -0.350. The maximum absolute atomic E-state index is 11.5. The van der Waals surface area contributed by atoms with Crippen LogP contribution in [0.1, 0.15) is 38.5 Å². The third kappa shape index (κ3) is 2.42. The molecule has 3 nitrogen and oxygen atoms in total. The zero-order valence-corrected chi connectivity index (χ0v) is 10.0. The molecule has 2 N–H and O–H groups in total. The van der Waals surface area contributed by atoms with Crippen LogP contribution in [0, 0.1) is 0 Å². The van der Waals surface area contributed by atoms with Gasteiger partial charge in [-0.3, -0.25) is 0 Å². The summed E-state index contributed by atoms with van der Waals surface area (Å²) in [6.07, 6.45) is 7.05. The van der Waals surface area contributed by atoms with Crippen LogP contribution in [0.4, 0.5) is 0 Å². The van der Waals surface area contributed by atoms with Crippen LogP contribution in [-0.4, -0.2) is 26.0 Å². The molecule has 0 spiro atoms. The van der Waals surface area contributed by atoms with Gasteiger partial charge in [0.1, 0.15) is 0 Å². The summed E-state index contributed by atoms with van der Waals surface area (Å²) in [6, 6.07) is 0.325. The molecule has 15 heavy (non-hydrogen) atoms. The normalized spacial score (nSPS) is 32.7. The van der Waals surface area contributed by atoms with Gasteiger partial charge in [-0.05, 0) is 38.5 Å². The van der Waals surface area contributed by atoms with Gasteiger partial charge in [0.15, 0.2) is 9.84 Å². The Morgan fingerprint density at radius 2 is 1.87 bits per heavy atom. The molecule has 0 amide bonds. The Morgan fingerprint density at radius 1 is 1.20 bits per heavy atom. The molecular formula is C11H19NO2S. The molecule has 0 aromatic rings. The lowest BCUT2D eigenvalue weighted by Gasteiger charge is -2.32. The molecule has 1 unspecified atom stereocenters. The molecule has 2 rings (SSSR count). The van der Waals surface area contributed by atoms with Gasteiger partial charge in [0, 0.05) is 12.3 Å². The summed E-state index contributed by atoms with van der Waals surface area (Å²) in [5.41, 5.74) is 8.57. The van der Waals surface area contributed by atoms with E-state index in [1.54, 1.807) is 0 Å². The standard InChI is InChI=1S/C11H19NO2S/c1-15(13,14)11-4-2-3-8(7-11)9-5-10(12)6-9/h10-11H,2-7,12H2,1H3. The minimum Gasteiger partial charge on any atom is -0.327 e. The van der Waals surface area contributed by atoms with E-state index in [1.165, 1.54) is 17.4 Å². The smallest absolute Gasteiger partial charge is 0.150 e. The van der Waals surface area contributed by atoms with E-state index in [2.05, 4.69) is 0 Å². The zero-order valence-electron chi connectivity index (χ0n) is 9.20. The third-order valence-electron chi connectivity index (χ3n) is 3.60. The lowest BCUT2D eigenvalue weighted by Crippen LogP contribution is -2.33. The number of rotatable bonds is 1. The molecule has 2 aliphatic carbocycles. The van der Waals surface area contributed by atoms with E-state index in [0.29, 0.717) is 6.04 Å². The van der Waals surface area contributed by atoms with E-state index in [9.17, 15) is 8.42 Å². The van der Waals surface area contributed by atoms with Crippen molar-refractivity contribution in [2.45, 2.75) is 49.8 Å². The summed E-state index contributed by atoms with van der Waals surface area (Å²) in [5.74, 6) is 0. The van der Waals surface area contributed by atoms with E-state index in [1.807, 2.05) is 0 Å². The zero-order chi connectivity index (χ0) is 11.1. The minimum atomic E-state index is -2.86. The molecule has 0 saturated heterocycles. The molecule has 0 heterocycles. The molecule has 2 fully saturated rings. The molecule has 86 valence electrons. The highest BCUT2D eigenvalue weighted by Crippen LogP contribution is 2.36. The van der Waals surface area contributed by atoms with Gasteiger partial charge in [-0.2, -0.15) is 0 Å². The summed E-state index contributed by atoms with van der Waals surface area (Å²) >= 11 is 0. The van der Waals surface area contributed by atoms with Gasteiger partial charge in [0.25, 0.3) is 0 Å². The van der Waals surface area contributed by atoms with Gasteiger partial charge < -0.3 is 5.73 Å². The quantitative estimate of drug-likeness (QED) is 0.691. The molecule has 1 atom stereocenters. The second-order valence-corrected chi connectivity index (χ2v) is 7.25. The van der Waals surface area contributed by atoms with Gasteiger partial charge in [0.2, 0.25) is 0 Å². The molecule has 2 saturated carbocycles. The highest BCUT2D eigenvalue weighted by molar-refractivity contribution is 7.91. The van der Waals surface area contributed by atoms with Gasteiger partial charge >= 0.3 is 0 Å². The number of nitrogens with two attached hydrogens (primary N) is 1. The fourth-order valence-electron chi connectivity index (χ4n) is 2.57. The van der Waals surface area contributed by atoms with Gasteiger partial charge in [0.05, 0.1) is 5.25 Å². The van der Waals surface area contributed by atoms with E-state index in [0.717, 1.165) is 38.5 Å². The second-order valence-electron chi connectivity index (χ2n) is 4.92. The lowest BCUT2D eigenvalue weighted by atomic mass is 9.79. The molecule has 2 aliphatic rings. The predicted octanol–water partition coefficient (Wildman–Crippen LogP) is 1.39. The number of hydrogen-bond donors (Lipinski definition) is 1. The van der Waals surface area contributed by atoms with Crippen molar-refractivity contribution in [3.05, 3.63) is 11.1 Å². The first-order chi connectivity index (χ1) is 6.97. The van der Waals surface area contributed by atoms with E-state index < -0.39 is 9.84 Å². The largest absolute Gasteiger partial charge is 0.327 e. The topological polar surface area (TPSA) is 60.2 Å². The Morgan fingerprint density at radius 3 is 2.40 bits per heavy atom. The Balaban J connectivity index is 2.09.